The quantitative estimate of drug-likeness (QED) is 0.618. The molecule has 2 N–H and O–H groups in total. The van der Waals surface area contributed by atoms with E-state index in [-0.39, 0.29) is 0 Å². The molecule has 1 atom stereocenters. The Morgan fingerprint density at radius 1 is 1.14 bits per heavy atom. The van der Waals surface area contributed by atoms with Crippen molar-refractivity contribution in [3.8, 4) is 0 Å². The molecule has 1 aliphatic carbocycles. The summed E-state index contributed by atoms with van der Waals surface area (Å²) in [6.45, 7) is 8.19. The van der Waals surface area contributed by atoms with E-state index in [0.717, 1.165) is 18.4 Å². The normalized spacial score (nSPS) is 24.8. The van der Waals surface area contributed by atoms with E-state index in [0.29, 0.717) is 12.1 Å². The number of piperidine rings is 1. The van der Waals surface area contributed by atoms with E-state index in [4.69, 9.17) is 0 Å². The van der Waals surface area contributed by atoms with Gasteiger partial charge in [-0.3, -0.25) is 9.89 Å². The minimum absolute atomic E-state index is 0.586. The summed E-state index contributed by atoms with van der Waals surface area (Å²) in [5, 5.41) is 7.11. The van der Waals surface area contributed by atoms with Gasteiger partial charge in [0.05, 0.1) is 0 Å². The fraction of sp³-hybridized carbons (Fsp3) is 0.941. The Morgan fingerprint density at radius 3 is 2.43 bits per heavy atom. The molecule has 0 amide bonds. The molecule has 0 spiro atoms. The van der Waals surface area contributed by atoms with E-state index in [1.165, 1.54) is 58.0 Å². The van der Waals surface area contributed by atoms with E-state index < -0.39 is 0 Å². The van der Waals surface area contributed by atoms with Crippen molar-refractivity contribution in [2.45, 2.75) is 70.9 Å². The van der Waals surface area contributed by atoms with Crippen molar-refractivity contribution >= 4 is 5.96 Å². The average Bonchev–Trinajstić information content (AvgIpc) is 2.52. The second-order valence-corrected chi connectivity index (χ2v) is 7.00. The van der Waals surface area contributed by atoms with E-state index in [1.807, 2.05) is 7.05 Å². The fourth-order valence-electron chi connectivity index (χ4n) is 3.48. The molecular weight excluding hydrogens is 260 g/mol. The third-order valence-corrected chi connectivity index (χ3v) is 5.18. The van der Waals surface area contributed by atoms with Crippen LogP contribution in [-0.2, 0) is 0 Å². The zero-order chi connectivity index (χ0) is 15.1. The molecule has 4 nitrogen and oxygen atoms in total. The lowest BCUT2D eigenvalue weighted by Gasteiger charge is -2.35. The molecule has 1 saturated carbocycles. The van der Waals surface area contributed by atoms with Gasteiger partial charge < -0.3 is 10.6 Å². The number of aliphatic imine (C=N–C) groups is 1. The molecular formula is C17H34N4. The molecule has 0 aromatic heterocycles. The first-order valence-electron chi connectivity index (χ1n) is 8.90. The molecule has 0 radical (unpaired) electrons. The van der Waals surface area contributed by atoms with Gasteiger partial charge in [-0.25, -0.2) is 0 Å². The van der Waals surface area contributed by atoms with Gasteiger partial charge in [-0.05, 0) is 51.6 Å². The maximum atomic E-state index is 4.39. The fourth-order valence-corrected chi connectivity index (χ4v) is 3.48. The van der Waals surface area contributed by atoms with E-state index in [9.17, 15) is 0 Å². The molecule has 122 valence electrons. The van der Waals surface area contributed by atoms with Crippen LogP contribution in [-0.4, -0.2) is 49.6 Å². The van der Waals surface area contributed by atoms with E-state index >= 15 is 0 Å². The van der Waals surface area contributed by atoms with Crippen LogP contribution >= 0.6 is 0 Å². The summed E-state index contributed by atoms with van der Waals surface area (Å²) in [6, 6.07) is 1.21. The summed E-state index contributed by atoms with van der Waals surface area (Å²) >= 11 is 0. The van der Waals surface area contributed by atoms with Crippen LogP contribution in [0.25, 0.3) is 0 Å². The number of likely N-dealkylation sites (tertiary alicyclic amines) is 1. The number of nitrogens with zero attached hydrogens (tertiary/aromatic N) is 2. The van der Waals surface area contributed by atoms with Crippen molar-refractivity contribution in [2.75, 3.05) is 26.7 Å². The van der Waals surface area contributed by atoms with Crippen LogP contribution in [0.15, 0.2) is 4.99 Å². The van der Waals surface area contributed by atoms with Gasteiger partial charge in [-0.1, -0.05) is 26.2 Å². The molecule has 2 aliphatic rings. The lowest BCUT2D eigenvalue weighted by molar-refractivity contribution is 0.147. The van der Waals surface area contributed by atoms with Gasteiger partial charge in [0.2, 0.25) is 0 Å². The third kappa shape index (κ3) is 5.50. The third-order valence-electron chi connectivity index (χ3n) is 5.18. The monoisotopic (exact) mass is 294 g/mol. The zero-order valence-corrected chi connectivity index (χ0v) is 14.2. The molecule has 2 fully saturated rings. The number of nitrogens with one attached hydrogen (secondary N) is 2. The Balaban J connectivity index is 1.69. The first kappa shape index (κ1) is 16.6. The first-order valence-corrected chi connectivity index (χ1v) is 8.90. The molecule has 4 heteroatoms. The second kappa shape index (κ2) is 8.62. The minimum atomic E-state index is 0.586. The van der Waals surface area contributed by atoms with Gasteiger partial charge in [0.25, 0.3) is 0 Å². The summed E-state index contributed by atoms with van der Waals surface area (Å²) in [7, 11) is 1.88. The second-order valence-electron chi connectivity index (χ2n) is 7.00. The SMILES string of the molecule is CN=C(NCC(C)N1CCC(C)CC1)NC1CCCCC1. The van der Waals surface area contributed by atoms with Crippen LogP contribution in [0.3, 0.4) is 0 Å². The van der Waals surface area contributed by atoms with Crippen LogP contribution < -0.4 is 10.6 Å². The van der Waals surface area contributed by atoms with Crippen molar-refractivity contribution in [3.63, 3.8) is 0 Å². The van der Waals surface area contributed by atoms with Crippen molar-refractivity contribution in [3.05, 3.63) is 0 Å². The lowest BCUT2D eigenvalue weighted by Crippen LogP contribution is -2.50. The zero-order valence-electron chi connectivity index (χ0n) is 14.2. The summed E-state index contributed by atoms with van der Waals surface area (Å²) in [6.07, 6.45) is 9.39. The van der Waals surface area contributed by atoms with E-state index in [2.05, 4.69) is 34.4 Å². The summed E-state index contributed by atoms with van der Waals surface area (Å²) in [5.41, 5.74) is 0. The predicted molar refractivity (Wildman–Crippen MR) is 90.8 cm³/mol. The maximum absolute atomic E-state index is 4.39. The topological polar surface area (TPSA) is 39.7 Å². The highest BCUT2D eigenvalue weighted by Gasteiger charge is 2.20. The number of hydrogen-bond donors (Lipinski definition) is 2. The highest BCUT2D eigenvalue weighted by Crippen LogP contribution is 2.18. The van der Waals surface area contributed by atoms with Crippen molar-refractivity contribution in [1.82, 2.24) is 15.5 Å². The van der Waals surface area contributed by atoms with Crippen molar-refractivity contribution < 1.29 is 0 Å². The van der Waals surface area contributed by atoms with Gasteiger partial charge in [0, 0.05) is 25.7 Å². The highest BCUT2D eigenvalue weighted by molar-refractivity contribution is 5.79. The number of guanidine groups is 1. The Hall–Kier alpha value is -0.770. The molecule has 1 saturated heterocycles. The largest absolute Gasteiger partial charge is 0.355 e. The van der Waals surface area contributed by atoms with Gasteiger partial charge in [0.15, 0.2) is 5.96 Å². The summed E-state index contributed by atoms with van der Waals surface area (Å²) < 4.78 is 0. The predicted octanol–water partition coefficient (Wildman–Crippen LogP) is 2.60. The highest BCUT2D eigenvalue weighted by atomic mass is 15.2. The Kier molecular flexibility index (Phi) is 6.81. The number of rotatable bonds is 4. The molecule has 2 rings (SSSR count). The standard InChI is InChI=1S/C17H34N4/c1-14-9-11-21(12-10-14)15(2)13-19-17(18-3)20-16-7-5-4-6-8-16/h14-16H,4-13H2,1-3H3,(H2,18,19,20). The van der Waals surface area contributed by atoms with Crippen LogP contribution in [0.5, 0.6) is 0 Å². The van der Waals surface area contributed by atoms with Crippen LogP contribution in [0.2, 0.25) is 0 Å². The molecule has 1 heterocycles. The Bertz CT molecular complexity index is 315. The molecule has 0 aromatic rings. The summed E-state index contributed by atoms with van der Waals surface area (Å²) in [4.78, 5) is 7.00. The van der Waals surface area contributed by atoms with Crippen LogP contribution in [0.1, 0.15) is 58.8 Å². The molecule has 1 aliphatic heterocycles. The van der Waals surface area contributed by atoms with Gasteiger partial charge in [-0.2, -0.15) is 0 Å². The van der Waals surface area contributed by atoms with E-state index in [1.54, 1.807) is 0 Å². The van der Waals surface area contributed by atoms with Crippen molar-refractivity contribution in [1.29, 1.82) is 0 Å². The molecule has 0 aromatic carbocycles. The Labute approximate surface area is 130 Å². The minimum Gasteiger partial charge on any atom is -0.355 e. The van der Waals surface area contributed by atoms with Gasteiger partial charge in [-0.15, -0.1) is 0 Å². The average molecular weight is 294 g/mol. The molecule has 1 unspecified atom stereocenters. The molecule has 21 heavy (non-hydrogen) atoms. The Morgan fingerprint density at radius 2 is 1.81 bits per heavy atom. The smallest absolute Gasteiger partial charge is 0.191 e. The maximum Gasteiger partial charge on any atom is 0.191 e. The van der Waals surface area contributed by atoms with Gasteiger partial charge in [0.1, 0.15) is 0 Å². The van der Waals surface area contributed by atoms with Gasteiger partial charge >= 0.3 is 0 Å². The van der Waals surface area contributed by atoms with Crippen molar-refractivity contribution in [2.24, 2.45) is 10.9 Å². The summed E-state index contributed by atoms with van der Waals surface area (Å²) in [5.74, 6) is 1.89. The van der Waals surface area contributed by atoms with Crippen LogP contribution in [0.4, 0.5) is 0 Å². The molecule has 0 bridgehead atoms. The number of hydrogen-bond acceptors (Lipinski definition) is 2. The lowest BCUT2D eigenvalue weighted by atomic mass is 9.96. The first-order chi connectivity index (χ1) is 10.2. The van der Waals surface area contributed by atoms with Crippen LogP contribution in [0, 0.1) is 5.92 Å².